The largest absolute Gasteiger partial charge is 0.396 e. The molecule has 1 aromatic carbocycles. The van der Waals surface area contributed by atoms with Gasteiger partial charge in [0.25, 0.3) is 5.91 Å². The summed E-state index contributed by atoms with van der Waals surface area (Å²) < 4.78 is 13.8. The first-order chi connectivity index (χ1) is 9.40. The van der Waals surface area contributed by atoms with E-state index < -0.39 is 5.82 Å². The molecule has 2 rings (SSSR count). The second-order valence-corrected chi connectivity index (χ2v) is 6.13. The number of anilines is 1. The third-order valence-corrected chi connectivity index (χ3v) is 4.30. The van der Waals surface area contributed by atoms with Crippen molar-refractivity contribution < 1.29 is 9.18 Å². The van der Waals surface area contributed by atoms with Crippen molar-refractivity contribution in [3.8, 4) is 0 Å². The van der Waals surface area contributed by atoms with Gasteiger partial charge in [-0.25, -0.2) is 4.39 Å². The average molecular weight is 344 g/mol. The lowest BCUT2D eigenvalue weighted by atomic mass is 10.1. The number of benzene rings is 1. The van der Waals surface area contributed by atoms with Crippen LogP contribution >= 0.6 is 15.9 Å². The first-order valence-electron chi connectivity index (χ1n) is 6.68. The van der Waals surface area contributed by atoms with Crippen molar-refractivity contribution in [1.82, 2.24) is 9.80 Å². The summed E-state index contributed by atoms with van der Waals surface area (Å²) >= 11 is 3.23. The molecule has 0 bridgehead atoms. The van der Waals surface area contributed by atoms with Gasteiger partial charge >= 0.3 is 0 Å². The molecule has 20 heavy (non-hydrogen) atoms. The molecule has 2 N–H and O–H groups in total. The van der Waals surface area contributed by atoms with Crippen molar-refractivity contribution in [2.75, 3.05) is 31.9 Å². The summed E-state index contributed by atoms with van der Waals surface area (Å²) in [6.45, 7) is 7.38. The quantitative estimate of drug-likeness (QED) is 0.838. The second kappa shape index (κ2) is 6.10. The molecule has 0 radical (unpaired) electrons. The third kappa shape index (κ3) is 3.12. The minimum absolute atomic E-state index is 0.00244. The van der Waals surface area contributed by atoms with Crippen molar-refractivity contribution in [2.45, 2.75) is 19.9 Å². The Morgan fingerprint density at radius 2 is 1.90 bits per heavy atom. The van der Waals surface area contributed by atoms with E-state index in [9.17, 15) is 9.18 Å². The molecule has 0 aliphatic carbocycles. The highest BCUT2D eigenvalue weighted by atomic mass is 79.9. The zero-order chi connectivity index (χ0) is 14.9. The summed E-state index contributed by atoms with van der Waals surface area (Å²) in [5, 5.41) is 0. The molecule has 0 spiro atoms. The van der Waals surface area contributed by atoms with Crippen molar-refractivity contribution in [3.63, 3.8) is 0 Å². The van der Waals surface area contributed by atoms with E-state index in [1.54, 1.807) is 4.90 Å². The number of hydrogen-bond donors (Lipinski definition) is 1. The fourth-order valence-corrected chi connectivity index (χ4v) is 2.83. The van der Waals surface area contributed by atoms with Crippen molar-refractivity contribution in [1.29, 1.82) is 0 Å². The Labute approximate surface area is 126 Å². The predicted octanol–water partition coefficient (Wildman–Crippen LogP) is 2.34. The van der Waals surface area contributed by atoms with Gasteiger partial charge in [0.05, 0.1) is 11.3 Å². The lowest BCUT2D eigenvalue weighted by Crippen LogP contribution is -2.50. The van der Waals surface area contributed by atoms with Crippen LogP contribution in [0.5, 0.6) is 0 Å². The lowest BCUT2D eigenvalue weighted by Gasteiger charge is -2.37. The monoisotopic (exact) mass is 343 g/mol. The van der Waals surface area contributed by atoms with Crippen LogP contribution < -0.4 is 5.73 Å². The second-order valence-electron chi connectivity index (χ2n) is 5.28. The molecule has 1 heterocycles. The van der Waals surface area contributed by atoms with Crippen LogP contribution in [0.2, 0.25) is 0 Å². The number of nitrogens with zero attached hydrogens (tertiary/aromatic N) is 2. The maximum atomic E-state index is 13.3. The van der Waals surface area contributed by atoms with Crippen LogP contribution in [-0.4, -0.2) is 47.9 Å². The van der Waals surface area contributed by atoms with Gasteiger partial charge in [-0.3, -0.25) is 9.69 Å². The normalized spacial score (nSPS) is 16.8. The maximum absolute atomic E-state index is 13.3. The first kappa shape index (κ1) is 15.3. The summed E-state index contributed by atoms with van der Waals surface area (Å²) in [6, 6.07) is 3.13. The Hall–Kier alpha value is -1.14. The molecule has 0 aromatic heterocycles. The zero-order valence-corrected chi connectivity index (χ0v) is 13.3. The van der Waals surface area contributed by atoms with Crippen LogP contribution in [0.1, 0.15) is 24.2 Å². The van der Waals surface area contributed by atoms with Gasteiger partial charge in [-0.2, -0.15) is 0 Å². The Morgan fingerprint density at radius 1 is 1.30 bits per heavy atom. The average Bonchev–Trinajstić information content (AvgIpc) is 2.42. The third-order valence-electron chi connectivity index (χ3n) is 3.65. The molecule has 4 nitrogen and oxygen atoms in total. The SMILES string of the molecule is CC(C)N1CCN(C(=O)c2cc(N)c(F)cc2Br)CC1. The summed E-state index contributed by atoms with van der Waals surface area (Å²) in [5.74, 6) is -0.620. The van der Waals surface area contributed by atoms with E-state index in [-0.39, 0.29) is 11.6 Å². The van der Waals surface area contributed by atoms with E-state index >= 15 is 0 Å². The molecule has 110 valence electrons. The number of nitrogen functional groups attached to an aromatic ring is 1. The highest BCUT2D eigenvalue weighted by molar-refractivity contribution is 9.10. The Bertz CT molecular complexity index is 513. The van der Waals surface area contributed by atoms with Crippen LogP contribution in [0.15, 0.2) is 16.6 Å². The fourth-order valence-electron chi connectivity index (χ4n) is 2.34. The summed E-state index contributed by atoms with van der Waals surface area (Å²) in [5.41, 5.74) is 5.96. The zero-order valence-electron chi connectivity index (χ0n) is 11.7. The Kier molecular flexibility index (Phi) is 4.65. The van der Waals surface area contributed by atoms with Gasteiger partial charge in [-0.15, -0.1) is 0 Å². The van der Waals surface area contributed by atoms with Crippen molar-refractivity contribution in [3.05, 3.63) is 28.0 Å². The van der Waals surface area contributed by atoms with E-state index in [0.29, 0.717) is 29.2 Å². The van der Waals surface area contributed by atoms with E-state index in [1.807, 2.05) is 0 Å². The summed E-state index contributed by atoms with van der Waals surface area (Å²) in [4.78, 5) is 16.6. The van der Waals surface area contributed by atoms with Gasteiger partial charge < -0.3 is 10.6 Å². The fraction of sp³-hybridized carbons (Fsp3) is 0.500. The highest BCUT2D eigenvalue weighted by Gasteiger charge is 2.25. The van der Waals surface area contributed by atoms with Crippen LogP contribution in [-0.2, 0) is 0 Å². The molecule has 1 aliphatic heterocycles. The number of hydrogen-bond acceptors (Lipinski definition) is 3. The van der Waals surface area contributed by atoms with Crippen molar-refractivity contribution >= 4 is 27.5 Å². The predicted molar refractivity (Wildman–Crippen MR) is 81.1 cm³/mol. The number of carbonyl (C=O) groups is 1. The maximum Gasteiger partial charge on any atom is 0.255 e. The van der Waals surface area contributed by atoms with Crippen LogP contribution in [0.25, 0.3) is 0 Å². The van der Waals surface area contributed by atoms with Crippen molar-refractivity contribution in [2.24, 2.45) is 0 Å². The van der Waals surface area contributed by atoms with Gasteiger partial charge in [-0.05, 0) is 41.9 Å². The molecule has 1 fully saturated rings. The number of halogens is 2. The number of rotatable bonds is 2. The van der Waals surface area contributed by atoms with Crippen LogP contribution in [0, 0.1) is 5.82 Å². The molecule has 6 heteroatoms. The van der Waals surface area contributed by atoms with Gasteiger partial charge in [0, 0.05) is 36.7 Å². The Morgan fingerprint density at radius 3 is 2.45 bits per heavy atom. The molecular formula is C14H19BrFN3O. The molecule has 0 saturated carbocycles. The smallest absolute Gasteiger partial charge is 0.255 e. The minimum atomic E-state index is -0.516. The number of piperazine rings is 1. The van der Waals surface area contributed by atoms with E-state index in [0.717, 1.165) is 13.1 Å². The number of nitrogens with two attached hydrogens (primary N) is 1. The van der Waals surface area contributed by atoms with Crippen LogP contribution in [0.4, 0.5) is 10.1 Å². The van der Waals surface area contributed by atoms with Gasteiger partial charge in [-0.1, -0.05) is 0 Å². The number of carbonyl (C=O) groups excluding carboxylic acids is 1. The van der Waals surface area contributed by atoms with Crippen LogP contribution in [0.3, 0.4) is 0 Å². The molecule has 1 amide bonds. The first-order valence-corrected chi connectivity index (χ1v) is 7.47. The molecule has 1 saturated heterocycles. The molecule has 1 aromatic rings. The topological polar surface area (TPSA) is 49.6 Å². The molecule has 0 atom stereocenters. The van der Waals surface area contributed by atoms with Gasteiger partial charge in [0.1, 0.15) is 5.82 Å². The van der Waals surface area contributed by atoms with E-state index in [1.165, 1.54) is 12.1 Å². The highest BCUT2D eigenvalue weighted by Crippen LogP contribution is 2.24. The van der Waals surface area contributed by atoms with Gasteiger partial charge in [0.15, 0.2) is 0 Å². The standard InChI is InChI=1S/C14H19BrFN3O/c1-9(2)18-3-5-19(6-4-18)14(20)10-7-13(17)12(16)8-11(10)15/h7-9H,3-6,17H2,1-2H3. The minimum Gasteiger partial charge on any atom is -0.396 e. The summed E-state index contributed by atoms with van der Waals surface area (Å²) in [6.07, 6.45) is 0. The van der Waals surface area contributed by atoms with Gasteiger partial charge in [0.2, 0.25) is 0 Å². The molecule has 1 aliphatic rings. The number of amides is 1. The molecule has 0 unspecified atom stereocenters. The summed E-state index contributed by atoms with van der Waals surface area (Å²) in [7, 11) is 0. The van der Waals surface area contributed by atoms with E-state index in [2.05, 4.69) is 34.7 Å². The van der Waals surface area contributed by atoms with E-state index in [4.69, 9.17) is 5.73 Å². The lowest BCUT2D eigenvalue weighted by molar-refractivity contribution is 0.0594. The molecular weight excluding hydrogens is 325 g/mol. The Balaban J connectivity index is 2.11.